The molecule has 1 amide bonds. The Morgan fingerprint density at radius 2 is 2.15 bits per heavy atom. The van der Waals surface area contributed by atoms with Gasteiger partial charge in [0, 0.05) is 37.1 Å². The van der Waals surface area contributed by atoms with Crippen LogP contribution < -0.4 is 5.32 Å². The molecule has 0 spiro atoms. The van der Waals surface area contributed by atoms with Crippen molar-refractivity contribution in [3.05, 3.63) is 48.4 Å². The fourth-order valence-corrected chi connectivity index (χ4v) is 3.89. The van der Waals surface area contributed by atoms with Crippen LogP contribution in [0.15, 0.2) is 41.5 Å². The Hall–Kier alpha value is -3.38. The summed E-state index contributed by atoms with van der Waals surface area (Å²) in [6, 6.07) is 3.03. The number of halogens is 3. The highest BCUT2D eigenvalue weighted by atomic mass is 19.4. The highest BCUT2D eigenvalue weighted by Crippen LogP contribution is 2.42. The van der Waals surface area contributed by atoms with Crippen molar-refractivity contribution in [2.75, 3.05) is 26.4 Å². The number of benzene rings is 1. The number of aromatic nitrogens is 4. The van der Waals surface area contributed by atoms with Gasteiger partial charge in [0.2, 0.25) is 5.76 Å². The van der Waals surface area contributed by atoms with Gasteiger partial charge in [-0.15, -0.1) is 0 Å². The Labute approximate surface area is 185 Å². The summed E-state index contributed by atoms with van der Waals surface area (Å²) >= 11 is 0. The maximum atomic E-state index is 14.1. The largest absolute Gasteiger partial charge is 0.450 e. The molecule has 1 aliphatic rings. The number of alkyl halides is 3. The minimum absolute atomic E-state index is 0.0583. The van der Waals surface area contributed by atoms with Crippen LogP contribution in [0.1, 0.15) is 16.1 Å². The molecule has 0 saturated carbocycles. The molecule has 1 unspecified atom stereocenters. The lowest BCUT2D eigenvalue weighted by Gasteiger charge is -2.22. The van der Waals surface area contributed by atoms with Gasteiger partial charge in [-0.1, -0.05) is 0 Å². The van der Waals surface area contributed by atoms with E-state index in [4.69, 9.17) is 13.9 Å². The number of hydrogen-bond donors (Lipinski definition) is 1. The fourth-order valence-electron chi connectivity index (χ4n) is 3.89. The second-order valence-electron chi connectivity index (χ2n) is 7.66. The summed E-state index contributed by atoms with van der Waals surface area (Å²) in [6.07, 6.45) is 1.39. The van der Waals surface area contributed by atoms with E-state index in [-0.39, 0.29) is 29.1 Å². The summed E-state index contributed by atoms with van der Waals surface area (Å²) in [7, 11) is 0. The standard InChI is InChI=1S/C21H20F3N5O4/c22-21(23,24)17-16-15(33-19(17)20(30)26-4-6-28-5-3-25-12-28)2-1-13-9-29(27-18(13)16)10-14-11-31-7-8-32-14/h1-3,5,9,12,14H,4,6-8,10-11H2,(H,26,30). The van der Waals surface area contributed by atoms with E-state index in [1.165, 1.54) is 10.7 Å². The third-order valence-corrected chi connectivity index (χ3v) is 5.36. The third-order valence-electron chi connectivity index (χ3n) is 5.36. The van der Waals surface area contributed by atoms with Gasteiger partial charge >= 0.3 is 6.18 Å². The molecule has 3 aromatic heterocycles. The summed E-state index contributed by atoms with van der Waals surface area (Å²) in [5.74, 6) is -1.73. The average Bonchev–Trinajstić information content (AvgIpc) is 3.51. The molecule has 12 heteroatoms. The van der Waals surface area contributed by atoms with Crippen LogP contribution in [0.4, 0.5) is 13.2 Å². The second-order valence-corrected chi connectivity index (χ2v) is 7.66. The first-order valence-corrected chi connectivity index (χ1v) is 10.3. The number of nitrogens with zero attached hydrogens (tertiary/aromatic N) is 4. The maximum absolute atomic E-state index is 14.1. The van der Waals surface area contributed by atoms with Crippen LogP contribution >= 0.6 is 0 Å². The summed E-state index contributed by atoms with van der Waals surface area (Å²) in [5, 5.41) is 7.10. The Morgan fingerprint density at radius 1 is 1.27 bits per heavy atom. The zero-order chi connectivity index (χ0) is 23.0. The number of amides is 1. The first-order chi connectivity index (χ1) is 15.9. The first-order valence-electron chi connectivity index (χ1n) is 10.3. The van der Waals surface area contributed by atoms with Crippen LogP contribution in [-0.2, 0) is 28.7 Å². The molecule has 1 aromatic carbocycles. The summed E-state index contributed by atoms with van der Waals surface area (Å²) in [4.78, 5) is 16.5. The van der Waals surface area contributed by atoms with Crippen molar-refractivity contribution in [1.29, 1.82) is 0 Å². The van der Waals surface area contributed by atoms with Gasteiger partial charge in [-0.25, -0.2) is 4.98 Å². The van der Waals surface area contributed by atoms with E-state index >= 15 is 0 Å². The highest BCUT2D eigenvalue weighted by Gasteiger charge is 2.41. The van der Waals surface area contributed by atoms with Gasteiger partial charge in [0.25, 0.3) is 5.91 Å². The molecular weight excluding hydrogens is 443 g/mol. The lowest BCUT2D eigenvalue weighted by Crippen LogP contribution is -2.32. The van der Waals surface area contributed by atoms with E-state index in [0.29, 0.717) is 38.3 Å². The van der Waals surface area contributed by atoms with Crippen LogP contribution in [-0.4, -0.2) is 57.7 Å². The Bertz CT molecular complexity index is 1270. The highest BCUT2D eigenvalue weighted by molar-refractivity contribution is 6.09. The van der Waals surface area contributed by atoms with E-state index in [0.717, 1.165) is 0 Å². The number of carbonyl (C=O) groups excluding carboxylic acids is 1. The van der Waals surface area contributed by atoms with E-state index in [9.17, 15) is 18.0 Å². The number of rotatable bonds is 6. The van der Waals surface area contributed by atoms with E-state index in [1.54, 1.807) is 35.6 Å². The Balaban J connectivity index is 1.48. The fraction of sp³-hybridized carbons (Fsp3) is 0.381. The van der Waals surface area contributed by atoms with Crippen molar-refractivity contribution in [2.45, 2.75) is 25.4 Å². The van der Waals surface area contributed by atoms with Crippen molar-refractivity contribution >= 4 is 27.8 Å². The average molecular weight is 463 g/mol. The number of hydrogen-bond acceptors (Lipinski definition) is 6. The smallest absolute Gasteiger partial charge is 0.421 e. The number of ether oxygens (including phenoxy) is 2. The molecular formula is C21H20F3N5O4. The van der Waals surface area contributed by atoms with Crippen LogP contribution in [0.3, 0.4) is 0 Å². The molecule has 1 atom stereocenters. The van der Waals surface area contributed by atoms with Gasteiger partial charge in [-0.2, -0.15) is 18.3 Å². The summed E-state index contributed by atoms with van der Waals surface area (Å²) < 4.78 is 61.9. The van der Waals surface area contributed by atoms with Gasteiger partial charge in [0.05, 0.1) is 38.1 Å². The lowest BCUT2D eigenvalue weighted by atomic mass is 10.1. The molecule has 0 radical (unpaired) electrons. The minimum atomic E-state index is -4.82. The molecule has 0 bridgehead atoms. The molecule has 4 heterocycles. The SMILES string of the molecule is O=C(NCCn1ccnc1)c1oc2ccc3cn(CC4COCCO4)nc3c2c1C(F)(F)F. The molecule has 1 N–H and O–H groups in total. The van der Waals surface area contributed by atoms with E-state index in [1.807, 2.05) is 0 Å². The molecule has 9 nitrogen and oxygen atoms in total. The van der Waals surface area contributed by atoms with Gasteiger partial charge < -0.3 is 23.8 Å². The normalized spacial score (nSPS) is 17.1. The van der Waals surface area contributed by atoms with E-state index < -0.39 is 23.4 Å². The van der Waals surface area contributed by atoms with Gasteiger partial charge in [0.15, 0.2) is 0 Å². The number of imidazole rings is 1. The molecule has 0 aliphatic carbocycles. The monoisotopic (exact) mass is 463 g/mol. The zero-order valence-electron chi connectivity index (χ0n) is 17.3. The quantitative estimate of drug-likeness (QED) is 0.473. The van der Waals surface area contributed by atoms with Gasteiger partial charge in [-0.05, 0) is 12.1 Å². The molecule has 33 heavy (non-hydrogen) atoms. The first kappa shape index (κ1) is 21.5. The summed E-state index contributed by atoms with van der Waals surface area (Å²) in [5.41, 5.74) is -1.08. The molecule has 174 valence electrons. The number of carbonyl (C=O) groups is 1. The Morgan fingerprint density at radius 3 is 2.88 bits per heavy atom. The van der Waals surface area contributed by atoms with Crippen LogP contribution in [0, 0.1) is 0 Å². The van der Waals surface area contributed by atoms with Crippen LogP contribution in [0.2, 0.25) is 0 Å². The van der Waals surface area contributed by atoms with Crippen LogP contribution in [0.25, 0.3) is 21.9 Å². The summed E-state index contributed by atoms with van der Waals surface area (Å²) in [6.45, 7) is 2.14. The molecule has 5 rings (SSSR count). The zero-order valence-corrected chi connectivity index (χ0v) is 17.3. The molecule has 1 aliphatic heterocycles. The van der Waals surface area contributed by atoms with Gasteiger partial charge in [-0.3, -0.25) is 9.48 Å². The second kappa shape index (κ2) is 8.52. The van der Waals surface area contributed by atoms with Crippen LogP contribution in [0.5, 0.6) is 0 Å². The Kier molecular flexibility index (Phi) is 5.54. The predicted molar refractivity (Wildman–Crippen MR) is 110 cm³/mol. The molecule has 1 fully saturated rings. The van der Waals surface area contributed by atoms with Crippen molar-refractivity contribution in [3.8, 4) is 0 Å². The molecule has 1 saturated heterocycles. The van der Waals surface area contributed by atoms with Crippen molar-refractivity contribution in [3.63, 3.8) is 0 Å². The molecule has 4 aromatic rings. The van der Waals surface area contributed by atoms with E-state index in [2.05, 4.69) is 15.4 Å². The number of fused-ring (bicyclic) bond motifs is 3. The van der Waals surface area contributed by atoms with Crippen molar-refractivity contribution in [2.24, 2.45) is 0 Å². The maximum Gasteiger partial charge on any atom is 0.421 e. The predicted octanol–water partition coefficient (Wildman–Crippen LogP) is 2.84. The minimum Gasteiger partial charge on any atom is -0.450 e. The van der Waals surface area contributed by atoms with Crippen molar-refractivity contribution < 1.29 is 31.9 Å². The number of furan rings is 1. The number of nitrogens with one attached hydrogen (secondary N) is 1. The van der Waals surface area contributed by atoms with Gasteiger partial charge in [0.1, 0.15) is 22.8 Å². The topological polar surface area (TPSA) is 96.3 Å². The third kappa shape index (κ3) is 4.31. The lowest BCUT2D eigenvalue weighted by molar-refractivity contribution is -0.137. The van der Waals surface area contributed by atoms with Crippen molar-refractivity contribution in [1.82, 2.24) is 24.6 Å².